The fraction of sp³-hybridized carbons (Fsp3) is 0.221. The molecule has 2 unspecified atom stereocenters. The minimum atomic E-state index is -0.180. The molecule has 0 saturated carbocycles. The molecule has 0 bridgehead atoms. The molecule has 0 radical (unpaired) electrons. The van der Waals surface area contributed by atoms with E-state index >= 15 is 0 Å². The highest BCUT2D eigenvalue weighted by atomic mass is 14.5. The van der Waals surface area contributed by atoms with Gasteiger partial charge in [-0.3, -0.25) is 0 Å². The summed E-state index contributed by atoms with van der Waals surface area (Å²) in [5.41, 5.74) is 32.9. The van der Waals surface area contributed by atoms with Gasteiger partial charge in [-0.25, -0.2) is 0 Å². The Hall–Kier alpha value is -7.80. The highest BCUT2D eigenvalue weighted by Gasteiger charge is 2.48. The molecular formula is C77H72. The Kier molecular flexibility index (Phi) is 13.6. The Bertz CT molecular complexity index is 3740. The van der Waals surface area contributed by atoms with Crippen LogP contribution in [0.5, 0.6) is 0 Å². The van der Waals surface area contributed by atoms with Crippen molar-refractivity contribution in [1.29, 1.82) is 0 Å². The van der Waals surface area contributed by atoms with Gasteiger partial charge in [0.25, 0.3) is 0 Å². The number of aryl methyl sites for hydroxylation is 3. The third-order valence-electron chi connectivity index (χ3n) is 17.9. The van der Waals surface area contributed by atoms with Crippen molar-refractivity contribution in [2.45, 2.75) is 110 Å². The molecule has 14 rings (SSSR count). The lowest BCUT2D eigenvalue weighted by Crippen LogP contribution is -2.32. The highest BCUT2D eigenvalue weighted by Crippen LogP contribution is 2.60. The van der Waals surface area contributed by atoms with Crippen LogP contribution in [-0.2, 0) is 17.3 Å². The van der Waals surface area contributed by atoms with Gasteiger partial charge in [0.05, 0.1) is 5.41 Å². The largest absolute Gasteiger partial charge is 0.0842 e. The Labute approximate surface area is 459 Å². The predicted octanol–water partition coefficient (Wildman–Crippen LogP) is 20.7. The average molecular weight is 997 g/mol. The van der Waals surface area contributed by atoms with Crippen LogP contribution >= 0.6 is 0 Å². The normalized spacial score (nSPS) is 18.8. The molecule has 0 amide bonds. The van der Waals surface area contributed by atoms with Crippen LogP contribution in [0.3, 0.4) is 0 Å². The molecule has 77 heavy (non-hydrogen) atoms. The molecule has 0 aromatic heterocycles. The van der Waals surface area contributed by atoms with Crippen LogP contribution in [0.25, 0.3) is 50.1 Å². The van der Waals surface area contributed by atoms with Crippen molar-refractivity contribution in [2.75, 3.05) is 0 Å². The first-order valence-corrected chi connectivity index (χ1v) is 28.6. The molecular weight excluding hydrogens is 925 g/mol. The van der Waals surface area contributed by atoms with Gasteiger partial charge in [0, 0.05) is 11.3 Å². The summed E-state index contributed by atoms with van der Waals surface area (Å²) in [6, 6.07) is 69.9. The van der Waals surface area contributed by atoms with Gasteiger partial charge in [-0.05, 0) is 182 Å². The summed E-state index contributed by atoms with van der Waals surface area (Å²) in [7, 11) is 0. The molecule has 0 fully saturated rings. The van der Waals surface area contributed by atoms with E-state index in [9.17, 15) is 0 Å². The van der Waals surface area contributed by atoms with E-state index in [1.165, 1.54) is 130 Å². The molecule has 0 saturated heterocycles. The molecule has 8 aromatic rings. The van der Waals surface area contributed by atoms with E-state index in [1.807, 2.05) is 0 Å². The summed E-state index contributed by atoms with van der Waals surface area (Å²) >= 11 is 0. The zero-order valence-corrected chi connectivity index (χ0v) is 46.1. The molecule has 0 spiro atoms. The van der Waals surface area contributed by atoms with Crippen molar-refractivity contribution in [3.8, 4) is 33.4 Å². The van der Waals surface area contributed by atoms with E-state index in [0.717, 1.165) is 38.5 Å². The quantitative estimate of drug-likeness (QED) is 0.149. The van der Waals surface area contributed by atoms with Crippen molar-refractivity contribution in [3.63, 3.8) is 0 Å². The maximum absolute atomic E-state index is 2.53. The molecule has 8 aromatic carbocycles. The summed E-state index contributed by atoms with van der Waals surface area (Å²) in [6.07, 6.45) is 23.2. The molecule has 0 N–H and O–H groups in total. The molecule has 0 aliphatic heterocycles. The third-order valence-corrected chi connectivity index (χ3v) is 17.9. The van der Waals surface area contributed by atoms with Gasteiger partial charge in [-0.15, -0.1) is 0 Å². The summed E-state index contributed by atoms with van der Waals surface area (Å²) in [4.78, 5) is 0. The van der Waals surface area contributed by atoms with Crippen LogP contribution < -0.4 is 0 Å². The zero-order chi connectivity index (χ0) is 52.7. The van der Waals surface area contributed by atoms with Gasteiger partial charge in [0.1, 0.15) is 0 Å². The van der Waals surface area contributed by atoms with E-state index in [-0.39, 0.29) is 10.8 Å². The van der Waals surface area contributed by atoms with Crippen molar-refractivity contribution in [3.05, 3.63) is 302 Å². The van der Waals surface area contributed by atoms with Crippen LogP contribution in [0.1, 0.15) is 140 Å². The minimum absolute atomic E-state index is 0.151. The average Bonchev–Trinajstić information content (AvgIpc) is 4.21. The maximum Gasteiger partial charge on any atom is 0.0639 e. The number of rotatable bonds is 7. The van der Waals surface area contributed by atoms with Crippen LogP contribution in [-0.4, -0.2) is 0 Å². The van der Waals surface area contributed by atoms with Crippen molar-refractivity contribution in [2.24, 2.45) is 0 Å². The lowest BCUT2D eigenvalue weighted by Gasteiger charge is -2.39. The molecule has 6 aliphatic rings. The lowest BCUT2D eigenvalue weighted by atomic mass is 9.63. The Balaban J connectivity index is 0.000000133. The second kappa shape index (κ2) is 21.0. The maximum atomic E-state index is 2.53. The van der Waals surface area contributed by atoms with E-state index in [1.54, 1.807) is 11.1 Å². The fourth-order valence-electron chi connectivity index (χ4n) is 14.1. The molecule has 6 aliphatic carbocycles. The van der Waals surface area contributed by atoms with Gasteiger partial charge in [0.2, 0.25) is 0 Å². The van der Waals surface area contributed by atoms with Crippen molar-refractivity contribution < 1.29 is 0 Å². The number of hydrogen-bond donors (Lipinski definition) is 0. The second-order valence-corrected chi connectivity index (χ2v) is 22.8. The summed E-state index contributed by atoms with van der Waals surface area (Å²) < 4.78 is 0. The molecule has 0 nitrogen and oxygen atoms in total. The first-order valence-electron chi connectivity index (χ1n) is 28.6. The zero-order valence-electron chi connectivity index (χ0n) is 46.1. The minimum Gasteiger partial charge on any atom is -0.0842 e. The number of benzene rings is 8. The van der Waals surface area contributed by atoms with Gasteiger partial charge in [-0.2, -0.15) is 0 Å². The van der Waals surface area contributed by atoms with Crippen LogP contribution in [0.2, 0.25) is 0 Å². The standard InChI is InChI=1S/C40H36.C21H20.C16H16/c1-2-14-29-15-9-10-22-35(29)32-17-13-16-30(27-32)31-25-26-39-37(28-31)36-23-11-12-24-38(36)40(39,33-18-5-3-6-19-33)34-20-7-4-8-21-34;1-14-7-9-16(10-8-14)17-11-12-19-15(2)18-5-3-4-6-20(18)21(19)13-17;1-11-7-6-10-14-15(11)12-8-4-5-9-13(12)16(14,2)3/h3-7,9-13,15-20,22-24,27-28H,2,8,14,21,25-26H2,1H3;4,6-13,15H,3,5H2,1-2H3;4-10H,1-3H3. The number of hydrogen-bond acceptors (Lipinski definition) is 0. The Morgan fingerprint density at radius 1 is 0.519 bits per heavy atom. The van der Waals surface area contributed by atoms with Crippen molar-refractivity contribution >= 4 is 16.7 Å². The van der Waals surface area contributed by atoms with Crippen LogP contribution in [0.4, 0.5) is 0 Å². The van der Waals surface area contributed by atoms with Crippen molar-refractivity contribution in [1.82, 2.24) is 0 Å². The summed E-state index contributed by atoms with van der Waals surface area (Å²) in [5.74, 6) is 0.590. The number of fused-ring (bicyclic) bond motifs is 7. The Morgan fingerprint density at radius 2 is 1.21 bits per heavy atom. The van der Waals surface area contributed by atoms with E-state index < -0.39 is 0 Å². The van der Waals surface area contributed by atoms with Crippen LogP contribution in [0.15, 0.2) is 241 Å². The van der Waals surface area contributed by atoms with E-state index in [4.69, 9.17) is 0 Å². The number of allylic oxidation sites excluding steroid dienone is 12. The third kappa shape index (κ3) is 8.91. The monoisotopic (exact) mass is 997 g/mol. The molecule has 380 valence electrons. The fourth-order valence-corrected chi connectivity index (χ4v) is 14.1. The van der Waals surface area contributed by atoms with Gasteiger partial charge >= 0.3 is 0 Å². The molecule has 2 atom stereocenters. The smallest absolute Gasteiger partial charge is 0.0639 e. The molecule has 0 heteroatoms. The first kappa shape index (κ1) is 50.0. The van der Waals surface area contributed by atoms with E-state index in [0.29, 0.717) is 5.92 Å². The molecule has 0 heterocycles. The highest BCUT2D eigenvalue weighted by molar-refractivity contribution is 5.96. The second-order valence-electron chi connectivity index (χ2n) is 22.8. The lowest BCUT2D eigenvalue weighted by molar-refractivity contribution is 0.646. The van der Waals surface area contributed by atoms with Gasteiger partial charge in [0.15, 0.2) is 0 Å². The predicted molar refractivity (Wildman–Crippen MR) is 329 cm³/mol. The van der Waals surface area contributed by atoms with Gasteiger partial charge in [-0.1, -0.05) is 263 Å². The van der Waals surface area contributed by atoms with Gasteiger partial charge < -0.3 is 0 Å². The summed E-state index contributed by atoms with van der Waals surface area (Å²) in [5, 5.41) is 0. The summed E-state index contributed by atoms with van der Waals surface area (Å²) in [6.45, 7) is 13.6. The SMILES string of the molecule is CCCc1ccccc1-c1cccc(C2=CC3=C(CC2)C(C2=CC=CCC2)(c2ccccc2)c2ccccc23)c1.Cc1ccc(-c2ccc3c(c2)C2=C(CCC=C2)C3C)cc1.Cc1cccc2c1-c1ccccc1C2(C)C. The van der Waals surface area contributed by atoms with E-state index in [2.05, 4.69) is 266 Å². The van der Waals surface area contributed by atoms with Crippen LogP contribution in [0, 0.1) is 13.8 Å². The Morgan fingerprint density at radius 3 is 2.00 bits per heavy atom. The topological polar surface area (TPSA) is 0 Å². The first-order chi connectivity index (χ1) is 37.7.